The first-order chi connectivity index (χ1) is 19.3. The molecule has 0 atom stereocenters. The van der Waals surface area contributed by atoms with Gasteiger partial charge >= 0.3 is 0 Å². The van der Waals surface area contributed by atoms with Crippen LogP contribution in [-0.4, -0.2) is 30.8 Å². The van der Waals surface area contributed by atoms with Gasteiger partial charge in [-0.15, -0.1) is 0 Å². The van der Waals surface area contributed by atoms with Gasteiger partial charge in [-0.25, -0.2) is 0 Å². The summed E-state index contributed by atoms with van der Waals surface area (Å²) in [7, 11) is 0. The average Bonchev–Trinajstić information content (AvgIpc) is 2.96. The Morgan fingerprint density at radius 2 is 1.52 bits per heavy atom. The number of benzene rings is 2. The van der Waals surface area contributed by atoms with Crippen LogP contribution in [0.1, 0.15) is 47.1 Å². The molecule has 0 heterocycles. The largest absolute Gasteiger partial charge is 0.494 e. The molecule has 7 nitrogen and oxygen atoms in total. The third-order valence-corrected chi connectivity index (χ3v) is 6.13. The zero-order chi connectivity index (χ0) is 29.3. The van der Waals surface area contributed by atoms with Crippen molar-refractivity contribution in [1.82, 2.24) is 15.8 Å². The van der Waals surface area contributed by atoms with Crippen molar-refractivity contribution in [1.29, 1.82) is 0 Å². The first kappa shape index (κ1) is 31.8. The van der Waals surface area contributed by atoms with Crippen LogP contribution in [0.2, 0.25) is 0 Å². The molecule has 0 unspecified atom stereocenters. The minimum atomic E-state index is 0.646. The Labute approximate surface area is 241 Å². The van der Waals surface area contributed by atoms with Gasteiger partial charge in [0.25, 0.3) is 0 Å². The number of rotatable bonds is 16. The van der Waals surface area contributed by atoms with E-state index in [-0.39, 0.29) is 0 Å². The molecule has 0 aliphatic rings. The van der Waals surface area contributed by atoms with Crippen LogP contribution in [-0.2, 0) is 0 Å². The molecule has 2 aromatic rings. The molecule has 2 rings (SSSR count). The highest BCUT2D eigenvalue weighted by Gasteiger charge is 2.01. The van der Waals surface area contributed by atoms with Crippen molar-refractivity contribution in [3.63, 3.8) is 0 Å². The number of ether oxygens (including phenoxy) is 1. The number of hydrogen-bond acceptors (Lipinski definition) is 7. The molecule has 0 radical (unpaired) electrons. The molecule has 214 valence electrons. The standard InChI is InChI=1S/C33H46N6O/c1-9-29(24-34-30-17-20-32(21-18-30)40-12-4)16-14-27(7)36-38-33-22-19-31(23-25(33)5)37-35-26(6)13-15-28(8)39(10-2)11-3/h9,13-24,35-38H,1,10-12H2,2-8H3/b26-13+,27-14+,28-15+,29-16+,34-24?. The van der Waals surface area contributed by atoms with Gasteiger partial charge in [0.2, 0.25) is 0 Å². The van der Waals surface area contributed by atoms with Gasteiger partial charge in [0.15, 0.2) is 0 Å². The molecule has 0 spiro atoms. The highest BCUT2D eigenvalue weighted by molar-refractivity contribution is 5.84. The first-order valence-corrected chi connectivity index (χ1v) is 13.8. The van der Waals surface area contributed by atoms with Crippen molar-refractivity contribution in [3.8, 4) is 5.75 Å². The Morgan fingerprint density at radius 1 is 0.875 bits per heavy atom. The highest BCUT2D eigenvalue weighted by atomic mass is 16.5. The summed E-state index contributed by atoms with van der Waals surface area (Å²) in [5.41, 5.74) is 21.1. The van der Waals surface area contributed by atoms with E-state index in [0.29, 0.717) is 6.61 Å². The Hall–Kier alpha value is -4.39. The summed E-state index contributed by atoms with van der Waals surface area (Å²) < 4.78 is 5.48. The number of anilines is 2. The van der Waals surface area contributed by atoms with E-state index in [1.165, 1.54) is 5.70 Å². The summed E-state index contributed by atoms with van der Waals surface area (Å²) >= 11 is 0. The number of nitrogens with one attached hydrogen (secondary N) is 4. The van der Waals surface area contributed by atoms with Gasteiger partial charge in [-0.05, 0) is 120 Å². The van der Waals surface area contributed by atoms with Crippen LogP contribution in [0.15, 0.2) is 107 Å². The van der Waals surface area contributed by atoms with Gasteiger partial charge in [-0.2, -0.15) is 0 Å². The van der Waals surface area contributed by atoms with E-state index in [1.807, 2.05) is 69.3 Å². The number of aliphatic imine (C=N–C) groups is 1. The second-order valence-electron chi connectivity index (χ2n) is 9.27. The SMILES string of the molecule is C=C/C(C=Nc1ccc(OCC)cc1)=C\C=C(/C)NNc1ccc(NN/C(C)=C/C=C(\C)N(CC)CC)cc1C. The topological polar surface area (TPSA) is 72.9 Å². The van der Waals surface area contributed by atoms with E-state index in [0.717, 1.165) is 58.4 Å². The maximum Gasteiger partial charge on any atom is 0.119 e. The van der Waals surface area contributed by atoms with E-state index in [1.54, 1.807) is 12.3 Å². The van der Waals surface area contributed by atoms with Gasteiger partial charge in [0.05, 0.1) is 23.7 Å². The molecule has 0 aliphatic heterocycles. The van der Waals surface area contributed by atoms with Crippen molar-refractivity contribution in [2.24, 2.45) is 4.99 Å². The first-order valence-electron chi connectivity index (χ1n) is 13.8. The predicted molar refractivity (Wildman–Crippen MR) is 173 cm³/mol. The van der Waals surface area contributed by atoms with Crippen molar-refractivity contribution in [2.45, 2.75) is 48.5 Å². The molecule has 0 saturated carbocycles. The Bertz CT molecular complexity index is 1230. The Balaban J connectivity index is 1.91. The smallest absolute Gasteiger partial charge is 0.119 e. The van der Waals surface area contributed by atoms with Crippen LogP contribution in [0.3, 0.4) is 0 Å². The Morgan fingerprint density at radius 3 is 2.12 bits per heavy atom. The fourth-order valence-corrected chi connectivity index (χ4v) is 3.70. The molecule has 0 amide bonds. The van der Waals surface area contributed by atoms with Crippen LogP contribution in [0.25, 0.3) is 0 Å². The minimum Gasteiger partial charge on any atom is -0.494 e. The monoisotopic (exact) mass is 542 g/mol. The van der Waals surface area contributed by atoms with Crippen molar-refractivity contribution < 1.29 is 4.74 Å². The number of aryl methyl sites for hydroxylation is 1. The molecule has 0 fully saturated rings. The summed E-state index contributed by atoms with van der Waals surface area (Å²) in [5.74, 6) is 0.840. The lowest BCUT2D eigenvalue weighted by Crippen LogP contribution is -2.21. The third-order valence-electron chi connectivity index (χ3n) is 6.13. The fraction of sp³-hybridized carbons (Fsp3) is 0.303. The van der Waals surface area contributed by atoms with E-state index in [4.69, 9.17) is 4.74 Å². The van der Waals surface area contributed by atoms with E-state index < -0.39 is 0 Å². The lowest BCUT2D eigenvalue weighted by Gasteiger charge is -2.21. The average molecular weight is 543 g/mol. The lowest BCUT2D eigenvalue weighted by atomic mass is 10.2. The van der Waals surface area contributed by atoms with Gasteiger partial charge in [-0.3, -0.25) is 4.99 Å². The van der Waals surface area contributed by atoms with Crippen LogP contribution in [0.5, 0.6) is 5.75 Å². The predicted octanol–water partition coefficient (Wildman–Crippen LogP) is 7.79. The van der Waals surface area contributed by atoms with Crippen LogP contribution < -0.4 is 26.4 Å². The number of allylic oxidation sites excluding steroid dienone is 9. The van der Waals surface area contributed by atoms with E-state index >= 15 is 0 Å². The molecule has 0 saturated heterocycles. The molecule has 2 aromatic carbocycles. The molecule has 4 N–H and O–H groups in total. The van der Waals surface area contributed by atoms with Crippen molar-refractivity contribution in [2.75, 3.05) is 30.5 Å². The summed E-state index contributed by atoms with van der Waals surface area (Å²) in [6.45, 7) is 21.1. The van der Waals surface area contributed by atoms with Gasteiger partial charge in [0.1, 0.15) is 5.75 Å². The second kappa shape index (κ2) is 17.2. The van der Waals surface area contributed by atoms with Gasteiger partial charge in [0, 0.05) is 36.4 Å². The zero-order valence-corrected chi connectivity index (χ0v) is 25.1. The molecule has 0 aromatic heterocycles. The third kappa shape index (κ3) is 11.2. The normalized spacial score (nSPS) is 12.8. The van der Waals surface area contributed by atoms with Crippen LogP contribution >= 0.6 is 0 Å². The van der Waals surface area contributed by atoms with E-state index in [2.05, 4.69) is 84.1 Å². The molecule has 0 aliphatic carbocycles. The summed E-state index contributed by atoms with van der Waals surface area (Å²) in [5, 5.41) is 0. The molecule has 0 bridgehead atoms. The van der Waals surface area contributed by atoms with Crippen LogP contribution in [0.4, 0.5) is 17.1 Å². The van der Waals surface area contributed by atoms with Crippen molar-refractivity contribution in [3.05, 3.63) is 108 Å². The Kier molecular flexibility index (Phi) is 13.7. The highest BCUT2D eigenvalue weighted by Crippen LogP contribution is 2.20. The number of hydrogen-bond donors (Lipinski definition) is 4. The summed E-state index contributed by atoms with van der Waals surface area (Å²) in [6, 6.07) is 13.9. The quantitative estimate of drug-likeness (QED) is 0.0986. The fourth-order valence-electron chi connectivity index (χ4n) is 3.70. The minimum absolute atomic E-state index is 0.646. The van der Waals surface area contributed by atoms with Gasteiger partial charge in [-0.1, -0.05) is 18.7 Å². The second-order valence-corrected chi connectivity index (χ2v) is 9.27. The molecular formula is C33H46N6O. The van der Waals surface area contributed by atoms with E-state index in [9.17, 15) is 0 Å². The number of hydrazine groups is 2. The summed E-state index contributed by atoms with van der Waals surface area (Å²) in [6.07, 6.45) is 11.7. The molecule has 40 heavy (non-hydrogen) atoms. The molecular weight excluding hydrogens is 496 g/mol. The molecule has 7 heteroatoms. The van der Waals surface area contributed by atoms with Crippen LogP contribution in [0, 0.1) is 6.92 Å². The lowest BCUT2D eigenvalue weighted by molar-refractivity contribution is 0.340. The van der Waals surface area contributed by atoms with Gasteiger partial charge < -0.3 is 31.3 Å². The van der Waals surface area contributed by atoms with Crippen molar-refractivity contribution >= 4 is 23.3 Å². The summed E-state index contributed by atoms with van der Waals surface area (Å²) in [4.78, 5) is 6.85. The number of nitrogens with zero attached hydrogens (tertiary/aromatic N) is 2. The maximum atomic E-state index is 5.48. The maximum absolute atomic E-state index is 5.48. The zero-order valence-electron chi connectivity index (χ0n) is 25.1.